The van der Waals surface area contributed by atoms with E-state index in [-0.39, 0.29) is 0 Å². The summed E-state index contributed by atoms with van der Waals surface area (Å²) >= 11 is 0. The highest BCUT2D eigenvalue weighted by molar-refractivity contribution is 5.02. The summed E-state index contributed by atoms with van der Waals surface area (Å²) in [7, 11) is 0. The number of hydrogen-bond acceptors (Lipinski definition) is 2. The maximum Gasteiger partial charge on any atom is 0.0683 e. The van der Waals surface area contributed by atoms with Gasteiger partial charge in [0.15, 0.2) is 0 Å². The minimum absolute atomic E-state index is 0.333. The van der Waals surface area contributed by atoms with Crippen LogP contribution in [0.3, 0.4) is 0 Å². The maximum atomic E-state index is 10.1. The van der Waals surface area contributed by atoms with Crippen molar-refractivity contribution >= 4 is 0 Å². The summed E-state index contributed by atoms with van der Waals surface area (Å²) in [6.07, 6.45) is 1.36. The smallest absolute Gasteiger partial charge is 0.0683 e. The first-order valence-corrected chi connectivity index (χ1v) is 5.28. The zero-order valence-electron chi connectivity index (χ0n) is 10.4. The zero-order valence-corrected chi connectivity index (χ0v) is 10.4. The number of aliphatic hydroxyl groups is 2. The molecule has 2 nitrogen and oxygen atoms in total. The minimum atomic E-state index is -0.898. The van der Waals surface area contributed by atoms with Gasteiger partial charge in [0.2, 0.25) is 0 Å². The van der Waals surface area contributed by atoms with Gasteiger partial charge < -0.3 is 10.2 Å². The van der Waals surface area contributed by atoms with Crippen molar-refractivity contribution < 1.29 is 10.2 Å². The Morgan fingerprint density at radius 3 is 1.40 bits per heavy atom. The van der Waals surface area contributed by atoms with Crippen LogP contribution >= 0.6 is 0 Å². The fourth-order valence-corrected chi connectivity index (χ4v) is 2.25. The van der Waals surface area contributed by atoms with Crippen molar-refractivity contribution in [2.45, 2.75) is 58.2 Å². The van der Waals surface area contributed by atoms with Gasteiger partial charge in [0.25, 0.3) is 0 Å². The molecule has 0 aromatic rings. The lowest BCUT2D eigenvalue weighted by Gasteiger charge is -2.33. The molecule has 15 heavy (non-hydrogen) atoms. The van der Waals surface area contributed by atoms with E-state index in [9.17, 15) is 10.2 Å². The van der Waals surface area contributed by atoms with E-state index in [2.05, 4.69) is 13.2 Å². The Kier molecular flexibility index (Phi) is 4.75. The van der Waals surface area contributed by atoms with Crippen molar-refractivity contribution in [2.24, 2.45) is 0 Å². The van der Waals surface area contributed by atoms with Gasteiger partial charge in [-0.25, -0.2) is 0 Å². The Balaban J connectivity index is 4.42. The summed E-state index contributed by atoms with van der Waals surface area (Å²) in [6, 6.07) is 0. The molecule has 2 heteroatoms. The largest absolute Gasteiger partial charge is 0.390 e. The third-order valence-electron chi connectivity index (χ3n) is 2.13. The molecule has 0 saturated heterocycles. The summed E-state index contributed by atoms with van der Waals surface area (Å²) in [6.45, 7) is 14.8. The van der Waals surface area contributed by atoms with E-state index in [0.717, 1.165) is 11.1 Å². The molecule has 88 valence electrons. The summed E-state index contributed by atoms with van der Waals surface area (Å²) < 4.78 is 0. The topological polar surface area (TPSA) is 40.5 Å². The van der Waals surface area contributed by atoms with Gasteiger partial charge in [-0.1, -0.05) is 11.1 Å². The summed E-state index contributed by atoms with van der Waals surface area (Å²) in [4.78, 5) is 0. The Labute approximate surface area is 93.3 Å². The molecule has 0 bridgehead atoms. The number of hydrogen-bond donors (Lipinski definition) is 2. The Hall–Kier alpha value is -0.600. The van der Waals surface area contributed by atoms with Crippen molar-refractivity contribution in [3.05, 3.63) is 24.3 Å². The molecular formula is C13H24O2. The molecule has 0 fully saturated rings. The van der Waals surface area contributed by atoms with E-state index in [1.165, 1.54) is 0 Å². The molecule has 2 atom stereocenters. The molecule has 2 N–H and O–H groups in total. The second-order valence-corrected chi connectivity index (χ2v) is 5.44. The van der Waals surface area contributed by atoms with E-state index in [1.807, 2.05) is 13.8 Å². The molecule has 0 aliphatic carbocycles. The third kappa shape index (κ3) is 7.34. The molecule has 0 amide bonds. The van der Waals surface area contributed by atoms with Crippen LogP contribution in [-0.4, -0.2) is 21.4 Å². The molecular weight excluding hydrogens is 188 g/mol. The lowest BCUT2D eigenvalue weighted by Crippen LogP contribution is -2.37. The molecule has 0 aliphatic heterocycles. The van der Waals surface area contributed by atoms with Crippen LogP contribution in [0.5, 0.6) is 0 Å². The van der Waals surface area contributed by atoms with Crippen LogP contribution in [0.4, 0.5) is 0 Å². The monoisotopic (exact) mass is 212 g/mol. The van der Waals surface area contributed by atoms with Crippen molar-refractivity contribution in [2.75, 3.05) is 0 Å². The second kappa shape index (κ2) is 4.95. The standard InChI is InChI=1S/C13H24O2/c1-10(2)7-12(5,14)9-13(6,15)8-11(3)4/h14-15H,1,3,7-9H2,2,4-6H3. The van der Waals surface area contributed by atoms with Crippen LogP contribution in [0.1, 0.15) is 47.0 Å². The average molecular weight is 212 g/mol. The predicted octanol–water partition coefficient (Wildman–Crippen LogP) is 2.81. The molecule has 0 aromatic carbocycles. The lowest BCUT2D eigenvalue weighted by atomic mass is 9.82. The van der Waals surface area contributed by atoms with Crippen molar-refractivity contribution in [1.82, 2.24) is 0 Å². The van der Waals surface area contributed by atoms with Gasteiger partial charge in [0.05, 0.1) is 11.2 Å². The van der Waals surface area contributed by atoms with E-state index < -0.39 is 11.2 Å². The predicted molar refractivity (Wildman–Crippen MR) is 64.7 cm³/mol. The number of rotatable bonds is 6. The van der Waals surface area contributed by atoms with E-state index in [0.29, 0.717) is 19.3 Å². The van der Waals surface area contributed by atoms with E-state index >= 15 is 0 Å². The van der Waals surface area contributed by atoms with Gasteiger partial charge in [0, 0.05) is 6.42 Å². The molecule has 0 heterocycles. The molecule has 0 aromatic heterocycles. The lowest BCUT2D eigenvalue weighted by molar-refractivity contribution is -0.0441. The van der Waals surface area contributed by atoms with Gasteiger partial charge in [-0.05, 0) is 40.5 Å². The van der Waals surface area contributed by atoms with E-state index in [1.54, 1.807) is 13.8 Å². The molecule has 0 aliphatic rings. The van der Waals surface area contributed by atoms with Crippen molar-refractivity contribution in [3.63, 3.8) is 0 Å². The first-order chi connectivity index (χ1) is 6.54. The van der Waals surface area contributed by atoms with E-state index in [4.69, 9.17) is 0 Å². The first-order valence-electron chi connectivity index (χ1n) is 5.28. The minimum Gasteiger partial charge on any atom is -0.390 e. The van der Waals surface area contributed by atoms with Gasteiger partial charge >= 0.3 is 0 Å². The maximum absolute atomic E-state index is 10.1. The fourth-order valence-electron chi connectivity index (χ4n) is 2.25. The highest BCUT2D eigenvalue weighted by atomic mass is 16.3. The Morgan fingerprint density at radius 1 is 0.933 bits per heavy atom. The highest BCUT2D eigenvalue weighted by Gasteiger charge is 2.32. The summed E-state index contributed by atoms with van der Waals surface area (Å²) in [5.41, 5.74) is 0.0486. The van der Waals surface area contributed by atoms with Gasteiger partial charge in [-0.3, -0.25) is 0 Å². The normalized spacial score (nSPS) is 19.1. The van der Waals surface area contributed by atoms with Gasteiger partial charge in [-0.2, -0.15) is 0 Å². The fraction of sp³-hybridized carbons (Fsp3) is 0.692. The van der Waals surface area contributed by atoms with Crippen LogP contribution in [-0.2, 0) is 0 Å². The third-order valence-corrected chi connectivity index (χ3v) is 2.13. The van der Waals surface area contributed by atoms with Crippen LogP contribution in [0.25, 0.3) is 0 Å². The van der Waals surface area contributed by atoms with Crippen molar-refractivity contribution in [3.8, 4) is 0 Å². The Morgan fingerprint density at radius 2 is 1.20 bits per heavy atom. The first kappa shape index (κ1) is 14.4. The van der Waals surface area contributed by atoms with Crippen LogP contribution in [0, 0.1) is 0 Å². The van der Waals surface area contributed by atoms with Crippen LogP contribution < -0.4 is 0 Å². The van der Waals surface area contributed by atoms with Crippen LogP contribution in [0.2, 0.25) is 0 Å². The summed E-state index contributed by atoms with van der Waals surface area (Å²) in [5.74, 6) is 0. The molecule has 0 radical (unpaired) electrons. The molecule has 0 spiro atoms. The zero-order chi connectivity index (χ0) is 12.3. The second-order valence-electron chi connectivity index (χ2n) is 5.44. The van der Waals surface area contributed by atoms with Crippen molar-refractivity contribution in [1.29, 1.82) is 0 Å². The highest BCUT2D eigenvalue weighted by Crippen LogP contribution is 2.29. The molecule has 0 rings (SSSR count). The summed E-state index contributed by atoms with van der Waals surface area (Å²) in [5, 5.41) is 20.2. The molecule has 2 unspecified atom stereocenters. The average Bonchev–Trinajstić information content (AvgIpc) is 1.73. The molecule has 0 saturated carbocycles. The quantitative estimate of drug-likeness (QED) is 0.665. The van der Waals surface area contributed by atoms with Gasteiger partial charge in [-0.15, -0.1) is 13.2 Å². The SMILES string of the molecule is C=C(C)CC(C)(O)CC(C)(O)CC(=C)C. The van der Waals surface area contributed by atoms with Gasteiger partial charge in [0.1, 0.15) is 0 Å². The van der Waals surface area contributed by atoms with Crippen LogP contribution in [0.15, 0.2) is 24.3 Å². The Bertz CT molecular complexity index is 223.